The van der Waals surface area contributed by atoms with E-state index in [0.29, 0.717) is 51.5 Å². The average molecular weight is 588 g/mol. The van der Waals surface area contributed by atoms with Crippen molar-refractivity contribution in [1.29, 1.82) is 0 Å². The molecule has 0 amide bonds. The van der Waals surface area contributed by atoms with E-state index in [-0.39, 0.29) is 18.4 Å². The van der Waals surface area contributed by atoms with Gasteiger partial charge in [-0.05, 0) is 83.1 Å². The number of hydrogen-bond acceptors (Lipinski definition) is 8. The topological polar surface area (TPSA) is 87.7 Å². The second-order valence-electron chi connectivity index (χ2n) is 11.8. The number of fused-ring (bicyclic) bond motifs is 3. The van der Waals surface area contributed by atoms with E-state index in [1.165, 1.54) is 32.1 Å². The summed E-state index contributed by atoms with van der Waals surface area (Å²) in [6, 6.07) is 5.40. The molecule has 1 N–H and O–H groups in total. The Kier molecular flexibility index (Phi) is 9.88. The van der Waals surface area contributed by atoms with Crippen LogP contribution >= 0.6 is 0 Å². The number of aromatic hydroxyl groups is 1. The molecule has 230 valence electrons. The highest BCUT2D eigenvalue weighted by Crippen LogP contribution is 2.48. The average Bonchev–Trinajstić information content (AvgIpc) is 3.37. The van der Waals surface area contributed by atoms with Gasteiger partial charge in [-0.15, -0.1) is 0 Å². The molecule has 0 radical (unpaired) electrons. The lowest BCUT2D eigenvalue weighted by molar-refractivity contribution is 0.0526. The monoisotopic (exact) mass is 587 g/mol. The summed E-state index contributed by atoms with van der Waals surface area (Å²) in [5.74, 6) is 1.38. The summed E-state index contributed by atoms with van der Waals surface area (Å²) in [5.41, 5.74) is 2.47. The highest BCUT2D eigenvalue weighted by molar-refractivity contribution is 6.17. The van der Waals surface area contributed by atoms with E-state index >= 15 is 0 Å². The lowest BCUT2D eigenvalue weighted by Crippen LogP contribution is -2.46. The zero-order chi connectivity index (χ0) is 30.5. The third kappa shape index (κ3) is 6.36. The number of rotatable bonds is 10. The fourth-order valence-electron chi connectivity index (χ4n) is 6.67. The van der Waals surface area contributed by atoms with E-state index in [0.717, 1.165) is 37.1 Å². The molecule has 1 aromatic heterocycles. The van der Waals surface area contributed by atoms with Gasteiger partial charge in [0.2, 0.25) is 0 Å². The van der Waals surface area contributed by atoms with Gasteiger partial charge < -0.3 is 23.9 Å². The Morgan fingerprint density at radius 1 is 1.19 bits per heavy atom. The van der Waals surface area contributed by atoms with Gasteiger partial charge in [0.15, 0.2) is 0 Å². The van der Waals surface area contributed by atoms with Crippen molar-refractivity contribution in [3.05, 3.63) is 59.0 Å². The Balaban J connectivity index is 1.74. The SMILES string of the molecule is C=N/C=C\C(=C/C)C(c1c(O)c2cc(OCC3CCCCC3)ccc2c2oc(C)c(C(=O)OCC)c12)N1CCN(C)CC1. The van der Waals surface area contributed by atoms with Crippen LogP contribution in [-0.2, 0) is 4.74 Å². The number of hydrogen-bond donors (Lipinski definition) is 1. The molecule has 5 rings (SSSR count). The number of carbonyl (C=O) groups excluding carboxylic acids is 1. The van der Waals surface area contributed by atoms with Gasteiger partial charge in [0, 0.05) is 54.1 Å². The zero-order valence-electron chi connectivity index (χ0n) is 26.0. The minimum atomic E-state index is -0.464. The Morgan fingerprint density at radius 3 is 2.60 bits per heavy atom. The van der Waals surface area contributed by atoms with Crippen molar-refractivity contribution in [1.82, 2.24) is 9.80 Å². The van der Waals surface area contributed by atoms with Gasteiger partial charge in [0.05, 0.1) is 19.3 Å². The molecule has 1 aliphatic heterocycles. The maximum Gasteiger partial charge on any atom is 0.342 e. The number of benzene rings is 2. The number of carbonyl (C=O) groups is 1. The molecule has 1 saturated carbocycles. The summed E-state index contributed by atoms with van der Waals surface area (Å²) in [6.45, 7) is 13.4. The van der Waals surface area contributed by atoms with Gasteiger partial charge >= 0.3 is 5.97 Å². The van der Waals surface area contributed by atoms with Crippen LogP contribution in [0.25, 0.3) is 21.7 Å². The van der Waals surface area contributed by atoms with E-state index in [1.54, 1.807) is 20.0 Å². The summed E-state index contributed by atoms with van der Waals surface area (Å²) in [7, 11) is 2.11. The van der Waals surface area contributed by atoms with Gasteiger partial charge in [-0.3, -0.25) is 9.89 Å². The molecule has 1 atom stereocenters. The molecule has 2 heterocycles. The molecular formula is C35H45N3O5. The predicted octanol–water partition coefficient (Wildman–Crippen LogP) is 7.18. The molecule has 2 aromatic carbocycles. The van der Waals surface area contributed by atoms with E-state index < -0.39 is 5.97 Å². The molecule has 8 nitrogen and oxygen atoms in total. The predicted molar refractivity (Wildman–Crippen MR) is 172 cm³/mol. The first-order valence-corrected chi connectivity index (χ1v) is 15.6. The van der Waals surface area contributed by atoms with Crippen LogP contribution in [0, 0.1) is 12.8 Å². The van der Waals surface area contributed by atoms with Crippen LogP contribution in [0.4, 0.5) is 0 Å². The summed E-state index contributed by atoms with van der Waals surface area (Å²) in [6.07, 6.45) is 11.8. The molecule has 3 aromatic rings. The molecule has 0 spiro atoms. The normalized spacial score (nSPS) is 18.5. The maximum absolute atomic E-state index is 13.4. The van der Waals surface area contributed by atoms with Gasteiger partial charge in [0.1, 0.15) is 28.4 Å². The Morgan fingerprint density at radius 2 is 1.93 bits per heavy atom. The fraction of sp³-hybridized carbons (Fsp3) is 0.486. The third-order valence-corrected chi connectivity index (χ3v) is 8.99. The second kappa shape index (κ2) is 13.8. The van der Waals surface area contributed by atoms with Crippen LogP contribution in [0.15, 0.2) is 51.5 Å². The number of allylic oxidation sites excluding steroid dienone is 1. The molecule has 2 aliphatic rings. The molecule has 0 bridgehead atoms. The third-order valence-electron chi connectivity index (χ3n) is 8.99. The van der Waals surface area contributed by atoms with Crippen molar-refractivity contribution in [2.75, 3.05) is 46.4 Å². The fourth-order valence-corrected chi connectivity index (χ4v) is 6.67. The highest BCUT2D eigenvalue weighted by atomic mass is 16.5. The van der Waals surface area contributed by atoms with Crippen molar-refractivity contribution >= 4 is 34.4 Å². The summed E-state index contributed by atoms with van der Waals surface area (Å²) in [4.78, 5) is 22.0. The van der Waals surface area contributed by atoms with Crippen LogP contribution in [0.2, 0.25) is 0 Å². The van der Waals surface area contributed by atoms with E-state index in [1.807, 2.05) is 37.3 Å². The van der Waals surface area contributed by atoms with Crippen molar-refractivity contribution in [2.24, 2.45) is 10.9 Å². The van der Waals surface area contributed by atoms with Gasteiger partial charge in [-0.1, -0.05) is 25.3 Å². The van der Waals surface area contributed by atoms with Crippen molar-refractivity contribution in [3.63, 3.8) is 0 Å². The largest absolute Gasteiger partial charge is 0.507 e. The maximum atomic E-state index is 13.4. The van der Waals surface area contributed by atoms with Crippen LogP contribution < -0.4 is 4.74 Å². The first-order valence-electron chi connectivity index (χ1n) is 15.6. The van der Waals surface area contributed by atoms with Crippen molar-refractivity contribution in [3.8, 4) is 11.5 Å². The summed E-state index contributed by atoms with van der Waals surface area (Å²) >= 11 is 0. The second-order valence-corrected chi connectivity index (χ2v) is 11.8. The molecule has 1 saturated heterocycles. The quantitative estimate of drug-likeness (QED) is 0.153. The van der Waals surface area contributed by atoms with Gasteiger partial charge in [-0.2, -0.15) is 0 Å². The molecule has 43 heavy (non-hydrogen) atoms. The number of likely N-dealkylation sites (N-methyl/N-ethyl adjacent to an activating group) is 1. The van der Waals surface area contributed by atoms with E-state index in [2.05, 4.69) is 28.6 Å². The van der Waals surface area contributed by atoms with Crippen molar-refractivity contribution < 1.29 is 23.8 Å². The first kappa shape index (κ1) is 30.8. The van der Waals surface area contributed by atoms with Crippen LogP contribution in [-0.4, -0.2) is 74.0 Å². The number of esters is 1. The number of furan rings is 1. The summed E-state index contributed by atoms with van der Waals surface area (Å²) in [5, 5.41) is 14.2. The smallest absolute Gasteiger partial charge is 0.342 e. The molecular weight excluding hydrogens is 542 g/mol. The number of phenolic OH excluding ortho intramolecular Hbond substituents is 1. The standard InChI is InChI=1S/C35H45N3O5/c1-6-25(15-16-36-4)32(38-19-17-37(5)18-20-38)31-30-29(35(40)41-7-2)23(3)43-34(30)27-14-13-26(21-28(27)33(31)39)42-22-24-11-9-8-10-12-24/h6,13-16,21,24,32,39H,4,7-12,17-20,22H2,1-3,5H3/b16-15-,25-6+. The minimum absolute atomic E-state index is 0.111. The van der Waals surface area contributed by atoms with Crippen LogP contribution in [0.3, 0.4) is 0 Å². The van der Waals surface area contributed by atoms with Crippen LogP contribution in [0.5, 0.6) is 11.5 Å². The highest BCUT2D eigenvalue weighted by Gasteiger charge is 2.35. The first-order chi connectivity index (χ1) is 20.9. The minimum Gasteiger partial charge on any atom is -0.507 e. The molecule has 8 heteroatoms. The molecule has 1 unspecified atom stereocenters. The van der Waals surface area contributed by atoms with E-state index in [4.69, 9.17) is 13.9 Å². The Bertz CT molecular complexity index is 1520. The van der Waals surface area contributed by atoms with Crippen LogP contribution in [0.1, 0.15) is 73.7 Å². The Labute approximate surface area is 254 Å². The molecule has 1 aliphatic carbocycles. The summed E-state index contributed by atoms with van der Waals surface area (Å²) < 4.78 is 18.2. The Hall–Kier alpha value is -3.62. The zero-order valence-corrected chi connectivity index (χ0v) is 26.0. The number of aryl methyl sites for hydroxylation is 1. The van der Waals surface area contributed by atoms with E-state index in [9.17, 15) is 9.90 Å². The lowest BCUT2D eigenvalue weighted by atomic mass is 9.88. The number of phenols is 1. The number of nitrogens with zero attached hydrogens (tertiary/aromatic N) is 3. The lowest BCUT2D eigenvalue weighted by Gasteiger charge is -2.39. The van der Waals surface area contributed by atoms with Gasteiger partial charge in [-0.25, -0.2) is 4.79 Å². The van der Waals surface area contributed by atoms with Gasteiger partial charge in [0.25, 0.3) is 0 Å². The number of piperazine rings is 1. The van der Waals surface area contributed by atoms with Crippen molar-refractivity contribution in [2.45, 2.75) is 58.9 Å². The number of ether oxygens (including phenoxy) is 2. The number of aliphatic imine (C=N–C) groups is 1. The molecule has 2 fully saturated rings.